The number of likely N-dealkylation sites (N-methyl/N-ethyl adjacent to an activating group) is 1. The second-order valence-corrected chi connectivity index (χ2v) is 8.04. The molecule has 0 saturated carbocycles. The maximum Gasteiger partial charge on any atom is 0.191 e. The number of rotatable bonds is 7. The molecule has 1 aliphatic heterocycles. The molecule has 1 aromatic heterocycles. The quantitative estimate of drug-likeness (QED) is 0.545. The van der Waals surface area contributed by atoms with Gasteiger partial charge < -0.3 is 20.4 Å². The van der Waals surface area contributed by atoms with E-state index in [2.05, 4.69) is 81.5 Å². The second-order valence-electron chi connectivity index (χ2n) is 8.04. The topological polar surface area (TPSA) is 55.8 Å². The number of aryl methyl sites for hydroxylation is 2. The van der Waals surface area contributed by atoms with Gasteiger partial charge in [-0.25, -0.2) is 4.98 Å². The Kier molecular flexibility index (Phi) is 8.08. The van der Waals surface area contributed by atoms with E-state index in [4.69, 9.17) is 0 Å². The molecule has 1 aliphatic rings. The molecule has 1 saturated heterocycles. The minimum absolute atomic E-state index is 0.730. The molecule has 2 N–H and O–H groups in total. The molecule has 2 aromatic rings. The third-order valence-corrected chi connectivity index (χ3v) is 5.62. The number of aromatic nitrogens is 1. The van der Waals surface area contributed by atoms with E-state index in [1.54, 1.807) is 0 Å². The van der Waals surface area contributed by atoms with Crippen LogP contribution in [0.4, 0.5) is 5.82 Å². The summed E-state index contributed by atoms with van der Waals surface area (Å²) in [5.74, 6) is 1.90. The molecular formula is C24H36N6. The van der Waals surface area contributed by atoms with E-state index in [9.17, 15) is 0 Å². The van der Waals surface area contributed by atoms with Gasteiger partial charge in [-0.05, 0) is 50.1 Å². The Bertz CT molecular complexity index is 819. The van der Waals surface area contributed by atoms with E-state index in [1.807, 2.05) is 13.2 Å². The lowest BCUT2D eigenvalue weighted by molar-refractivity contribution is 0.270. The summed E-state index contributed by atoms with van der Waals surface area (Å²) in [6.07, 6.45) is 2.89. The SMILES string of the molecule is CCN1CCN(c2cc(CNC(=NC)NCCc3cc(C)cc(C)c3)ccn2)CC1. The van der Waals surface area contributed by atoms with Gasteiger partial charge in [-0.15, -0.1) is 0 Å². The Balaban J connectivity index is 1.48. The van der Waals surface area contributed by atoms with Gasteiger partial charge in [-0.2, -0.15) is 0 Å². The van der Waals surface area contributed by atoms with E-state index in [1.165, 1.54) is 22.3 Å². The van der Waals surface area contributed by atoms with Gasteiger partial charge in [0.05, 0.1) is 0 Å². The van der Waals surface area contributed by atoms with Gasteiger partial charge in [-0.3, -0.25) is 4.99 Å². The van der Waals surface area contributed by atoms with Gasteiger partial charge in [0.1, 0.15) is 5.82 Å². The number of hydrogen-bond donors (Lipinski definition) is 2. The molecule has 0 bridgehead atoms. The van der Waals surface area contributed by atoms with Crippen LogP contribution in [0.3, 0.4) is 0 Å². The normalized spacial score (nSPS) is 15.3. The monoisotopic (exact) mass is 408 g/mol. The Morgan fingerprint density at radius 1 is 1.00 bits per heavy atom. The van der Waals surface area contributed by atoms with Crippen LogP contribution in [0, 0.1) is 13.8 Å². The van der Waals surface area contributed by atoms with Crippen LogP contribution in [0.25, 0.3) is 0 Å². The molecule has 0 aliphatic carbocycles. The number of pyridine rings is 1. The lowest BCUT2D eigenvalue weighted by Gasteiger charge is -2.34. The van der Waals surface area contributed by atoms with E-state index < -0.39 is 0 Å². The molecule has 0 spiro atoms. The number of nitrogens with zero attached hydrogens (tertiary/aromatic N) is 4. The molecule has 0 unspecified atom stereocenters. The average Bonchev–Trinajstić information content (AvgIpc) is 2.75. The van der Waals surface area contributed by atoms with Crippen molar-refractivity contribution in [3.63, 3.8) is 0 Å². The van der Waals surface area contributed by atoms with Crippen molar-refractivity contribution in [2.45, 2.75) is 33.7 Å². The molecule has 0 atom stereocenters. The fraction of sp³-hybridized carbons (Fsp3) is 0.500. The van der Waals surface area contributed by atoms with Crippen LogP contribution < -0.4 is 15.5 Å². The summed E-state index contributed by atoms with van der Waals surface area (Å²) in [7, 11) is 1.82. The highest BCUT2D eigenvalue weighted by Crippen LogP contribution is 2.15. The number of anilines is 1. The van der Waals surface area contributed by atoms with Crippen molar-refractivity contribution in [1.29, 1.82) is 0 Å². The predicted octanol–water partition coefficient (Wildman–Crippen LogP) is 2.75. The molecule has 2 heterocycles. The maximum absolute atomic E-state index is 4.59. The summed E-state index contributed by atoms with van der Waals surface area (Å²) in [6.45, 7) is 13.5. The molecule has 3 rings (SSSR count). The van der Waals surface area contributed by atoms with E-state index in [-0.39, 0.29) is 0 Å². The van der Waals surface area contributed by atoms with Gasteiger partial charge in [0.2, 0.25) is 0 Å². The summed E-state index contributed by atoms with van der Waals surface area (Å²) >= 11 is 0. The van der Waals surface area contributed by atoms with E-state index in [0.717, 1.165) is 64.0 Å². The van der Waals surface area contributed by atoms with Crippen molar-refractivity contribution in [1.82, 2.24) is 20.5 Å². The first kappa shape index (κ1) is 22.1. The molecule has 0 radical (unpaired) electrons. The van der Waals surface area contributed by atoms with Crippen molar-refractivity contribution in [2.75, 3.05) is 51.2 Å². The van der Waals surface area contributed by atoms with Crippen molar-refractivity contribution in [3.05, 3.63) is 58.8 Å². The number of benzene rings is 1. The zero-order chi connectivity index (χ0) is 21.3. The van der Waals surface area contributed by atoms with Crippen LogP contribution in [0.15, 0.2) is 41.5 Å². The molecule has 30 heavy (non-hydrogen) atoms. The predicted molar refractivity (Wildman–Crippen MR) is 126 cm³/mol. The standard InChI is InChI=1S/C24H36N6/c1-5-29-10-12-30(13-11-29)23-17-22(7-8-26-23)18-28-24(25-4)27-9-6-21-15-19(2)14-20(3)16-21/h7-8,14-17H,5-6,9-13,18H2,1-4H3,(H2,25,27,28). The van der Waals surface area contributed by atoms with Crippen LogP contribution in [-0.4, -0.2) is 62.2 Å². The van der Waals surface area contributed by atoms with Gasteiger partial charge in [0, 0.05) is 52.5 Å². The minimum atomic E-state index is 0.730. The molecule has 1 fully saturated rings. The summed E-state index contributed by atoms with van der Waals surface area (Å²) in [6, 6.07) is 11.0. The average molecular weight is 409 g/mol. The van der Waals surface area contributed by atoms with E-state index >= 15 is 0 Å². The highest BCUT2D eigenvalue weighted by atomic mass is 15.3. The lowest BCUT2D eigenvalue weighted by Crippen LogP contribution is -2.46. The molecule has 6 heteroatoms. The molecule has 6 nitrogen and oxygen atoms in total. The second kappa shape index (κ2) is 11.0. The molecule has 162 valence electrons. The Labute approximate surface area is 181 Å². The smallest absolute Gasteiger partial charge is 0.191 e. The fourth-order valence-electron chi connectivity index (χ4n) is 3.98. The Morgan fingerprint density at radius 2 is 1.73 bits per heavy atom. The number of nitrogens with one attached hydrogen (secondary N) is 2. The number of piperazine rings is 1. The van der Waals surface area contributed by atoms with Crippen LogP contribution >= 0.6 is 0 Å². The van der Waals surface area contributed by atoms with Crippen molar-refractivity contribution >= 4 is 11.8 Å². The van der Waals surface area contributed by atoms with E-state index in [0.29, 0.717) is 0 Å². The zero-order valence-electron chi connectivity index (χ0n) is 18.9. The van der Waals surface area contributed by atoms with Gasteiger partial charge >= 0.3 is 0 Å². The fourth-order valence-corrected chi connectivity index (χ4v) is 3.98. The number of hydrogen-bond acceptors (Lipinski definition) is 4. The van der Waals surface area contributed by atoms with Gasteiger partial charge in [-0.1, -0.05) is 36.2 Å². The Hall–Kier alpha value is -2.60. The van der Waals surface area contributed by atoms with Gasteiger partial charge in [0.25, 0.3) is 0 Å². The first-order valence-electron chi connectivity index (χ1n) is 11.0. The Morgan fingerprint density at radius 3 is 2.40 bits per heavy atom. The summed E-state index contributed by atoms with van der Waals surface area (Å²) in [5, 5.41) is 6.85. The van der Waals surface area contributed by atoms with Gasteiger partial charge in [0.15, 0.2) is 5.96 Å². The van der Waals surface area contributed by atoms with Crippen molar-refractivity contribution in [3.8, 4) is 0 Å². The third-order valence-electron chi connectivity index (χ3n) is 5.62. The van der Waals surface area contributed by atoms with Crippen molar-refractivity contribution in [2.24, 2.45) is 4.99 Å². The van der Waals surface area contributed by atoms with Crippen LogP contribution in [0.2, 0.25) is 0 Å². The van der Waals surface area contributed by atoms with Crippen LogP contribution in [0.1, 0.15) is 29.2 Å². The largest absolute Gasteiger partial charge is 0.356 e. The van der Waals surface area contributed by atoms with Crippen molar-refractivity contribution < 1.29 is 0 Å². The lowest BCUT2D eigenvalue weighted by atomic mass is 10.1. The van der Waals surface area contributed by atoms with Crippen LogP contribution in [-0.2, 0) is 13.0 Å². The highest BCUT2D eigenvalue weighted by Gasteiger charge is 2.16. The summed E-state index contributed by atoms with van der Waals surface area (Å²) < 4.78 is 0. The summed E-state index contributed by atoms with van der Waals surface area (Å²) in [4.78, 5) is 13.8. The molecule has 0 amide bonds. The number of guanidine groups is 1. The molecular weight excluding hydrogens is 372 g/mol. The highest BCUT2D eigenvalue weighted by molar-refractivity contribution is 5.79. The number of aliphatic imine (C=N–C) groups is 1. The maximum atomic E-state index is 4.59. The molecule has 1 aromatic carbocycles. The van der Waals surface area contributed by atoms with Crippen LogP contribution in [0.5, 0.6) is 0 Å². The first-order valence-corrected chi connectivity index (χ1v) is 11.0. The third kappa shape index (κ3) is 6.46. The first-order chi connectivity index (χ1) is 14.6. The zero-order valence-corrected chi connectivity index (χ0v) is 18.9. The minimum Gasteiger partial charge on any atom is -0.356 e. The summed E-state index contributed by atoms with van der Waals surface area (Å²) in [5.41, 5.74) is 5.21.